The van der Waals surface area contributed by atoms with Crippen molar-refractivity contribution in [1.29, 1.82) is 0 Å². The first-order valence-electron chi connectivity index (χ1n) is 6.72. The van der Waals surface area contributed by atoms with Crippen molar-refractivity contribution >= 4 is 21.6 Å². The molecule has 0 fully saturated rings. The van der Waals surface area contributed by atoms with Gasteiger partial charge in [-0.15, -0.1) is 11.6 Å². The quantitative estimate of drug-likeness (QED) is 0.756. The molecule has 0 aliphatic rings. The molecule has 20 heavy (non-hydrogen) atoms. The van der Waals surface area contributed by atoms with E-state index in [1.165, 1.54) is 4.31 Å². The Balaban J connectivity index is 3.29. The summed E-state index contributed by atoms with van der Waals surface area (Å²) in [6.07, 6.45) is 0. The second-order valence-corrected chi connectivity index (χ2v) is 7.73. The maximum atomic E-state index is 12.8. The van der Waals surface area contributed by atoms with E-state index in [1.807, 2.05) is 20.8 Å². The molecule has 0 amide bonds. The first-order chi connectivity index (χ1) is 9.14. The van der Waals surface area contributed by atoms with E-state index < -0.39 is 10.0 Å². The summed E-state index contributed by atoms with van der Waals surface area (Å²) in [5, 5.41) is 4.28. The van der Waals surface area contributed by atoms with Crippen molar-refractivity contribution in [1.82, 2.24) is 14.1 Å². The van der Waals surface area contributed by atoms with Crippen LogP contribution in [0.25, 0.3) is 0 Å². The molecule has 0 bridgehead atoms. The van der Waals surface area contributed by atoms with Crippen LogP contribution in [0.5, 0.6) is 0 Å². The van der Waals surface area contributed by atoms with Crippen molar-refractivity contribution in [2.24, 2.45) is 5.92 Å². The summed E-state index contributed by atoms with van der Waals surface area (Å²) in [5.41, 5.74) is 1.17. The molecule has 1 aromatic heterocycles. The van der Waals surface area contributed by atoms with Crippen LogP contribution in [0.1, 0.15) is 32.2 Å². The summed E-state index contributed by atoms with van der Waals surface area (Å²) in [6, 6.07) is -0.0739. The van der Waals surface area contributed by atoms with E-state index in [9.17, 15) is 8.42 Å². The van der Waals surface area contributed by atoms with E-state index in [2.05, 4.69) is 5.10 Å². The van der Waals surface area contributed by atoms with Crippen LogP contribution in [-0.2, 0) is 16.6 Å². The van der Waals surface area contributed by atoms with Crippen LogP contribution in [0, 0.1) is 19.8 Å². The summed E-state index contributed by atoms with van der Waals surface area (Å²) in [6.45, 7) is 9.93. The van der Waals surface area contributed by atoms with Gasteiger partial charge in [-0.2, -0.15) is 9.40 Å². The molecule has 1 atom stereocenters. The van der Waals surface area contributed by atoms with Gasteiger partial charge in [0.2, 0.25) is 10.0 Å². The van der Waals surface area contributed by atoms with Gasteiger partial charge in [0.15, 0.2) is 0 Å². The molecule has 0 aliphatic heterocycles. The van der Waals surface area contributed by atoms with Gasteiger partial charge in [-0.1, -0.05) is 13.8 Å². The molecule has 5 nitrogen and oxygen atoms in total. The van der Waals surface area contributed by atoms with E-state index in [4.69, 9.17) is 11.6 Å². The molecular weight excluding hydrogens is 298 g/mol. The smallest absolute Gasteiger partial charge is 0.246 e. The number of aryl methyl sites for hydroxylation is 2. The van der Waals surface area contributed by atoms with Gasteiger partial charge in [0, 0.05) is 19.0 Å². The second-order valence-electron chi connectivity index (χ2n) is 5.42. The molecule has 0 saturated carbocycles. The minimum atomic E-state index is -3.54. The van der Waals surface area contributed by atoms with E-state index in [1.54, 1.807) is 25.6 Å². The lowest BCUT2D eigenvalue weighted by Crippen LogP contribution is -2.38. The molecule has 1 unspecified atom stereocenters. The Kier molecular flexibility index (Phi) is 5.63. The minimum absolute atomic E-state index is 0.0739. The number of hydrogen-bond acceptors (Lipinski definition) is 3. The highest BCUT2D eigenvalue weighted by atomic mass is 35.5. The monoisotopic (exact) mass is 321 g/mol. The molecule has 0 spiro atoms. The Hall–Kier alpha value is -0.590. The number of rotatable bonds is 6. The SMILES string of the molecule is Cc1nn(CCCl)c(C)c1S(=O)(=O)N(C)C(C)C(C)C. The largest absolute Gasteiger partial charge is 0.267 e. The number of hydrogen-bond donors (Lipinski definition) is 0. The summed E-state index contributed by atoms with van der Waals surface area (Å²) in [7, 11) is -1.91. The predicted molar refractivity (Wildman–Crippen MR) is 81.7 cm³/mol. The number of halogens is 1. The van der Waals surface area contributed by atoms with E-state index >= 15 is 0 Å². The second kappa shape index (κ2) is 6.45. The predicted octanol–water partition coefficient (Wildman–Crippen LogP) is 2.40. The van der Waals surface area contributed by atoms with Crippen molar-refractivity contribution in [2.45, 2.75) is 52.1 Å². The fourth-order valence-electron chi connectivity index (χ4n) is 2.13. The zero-order valence-electron chi connectivity index (χ0n) is 13.0. The third-order valence-corrected chi connectivity index (χ3v) is 6.15. The van der Waals surface area contributed by atoms with Crippen molar-refractivity contribution in [3.05, 3.63) is 11.4 Å². The number of aromatic nitrogens is 2. The number of nitrogens with zero attached hydrogens (tertiary/aromatic N) is 3. The average Bonchev–Trinajstić information content (AvgIpc) is 2.63. The van der Waals surface area contributed by atoms with Crippen molar-refractivity contribution in [3.63, 3.8) is 0 Å². The summed E-state index contributed by atoms with van der Waals surface area (Å²) in [5.74, 6) is 0.646. The molecule has 0 aliphatic carbocycles. The van der Waals surface area contributed by atoms with Crippen LogP contribution < -0.4 is 0 Å². The number of sulfonamides is 1. The molecule has 1 aromatic rings. The van der Waals surface area contributed by atoms with Gasteiger partial charge in [0.25, 0.3) is 0 Å². The Morgan fingerprint density at radius 2 is 1.85 bits per heavy atom. The van der Waals surface area contributed by atoms with Gasteiger partial charge in [-0.3, -0.25) is 4.68 Å². The van der Waals surface area contributed by atoms with Crippen LogP contribution in [-0.4, -0.2) is 41.5 Å². The third-order valence-electron chi connectivity index (χ3n) is 3.79. The third kappa shape index (κ3) is 3.18. The highest BCUT2D eigenvalue weighted by Gasteiger charge is 2.32. The van der Waals surface area contributed by atoms with Crippen LogP contribution in [0.15, 0.2) is 4.90 Å². The Bertz CT molecular complexity index is 566. The molecule has 1 rings (SSSR count). The normalized spacial score (nSPS) is 14.2. The highest BCUT2D eigenvalue weighted by Crippen LogP contribution is 2.25. The van der Waals surface area contributed by atoms with Crippen LogP contribution >= 0.6 is 11.6 Å². The van der Waals surface area contributed by atoms with E-state index in [0.29, 0.717) is 28.7 Å². The Labute approximate surface area is 127 Å². The molecule has 0 saturated heterocycles. The average molecular weight is 322 g/mol. The first kappa shape index (κ1) is 17.5. The van der Waals surface area contributed by atoms with Crippen molar-refractivity contribution < 1.29 is 8.42 Å². The van der Waals surface area contributed by atoms with Gasteiger partial charge in [0.1, 0.15) is 4.90 Å². The van der Waals surface area contributed by atoms with Gasteiger partial charge in [-0.05, 0) is 26.7 Å². The van der Waals surface area contributed by atoms with Gasteiger partial charge in [0.05, 0.1) is 17.9 Å². The topological polar surface area (TPSA) is 55.2 Å². The molecule has 1 heterocycles. The Morgan fingerprint density at radius 1 is 1.30 bits per heavy atom. The lowest BCUT2D eigenvalue weighted by Gasteiger charge is -2.27. The van der Waals surface area contributed by atoms with E-state index in [0.717, 1.165) is 0 Å². The number of alkyl halides is 1. The fraction of sp³-hybridized carbons (Fsp3) is 0.769. The summed E-state index contributed by atoms with van der Waals surface area (Å²) < 4.78 is 28.6. The van der Waals surface area contributed by atoms with E-state index in [-0.39, 0.29) is 12.0 Å². The highest BCUT2D eigenvalue weighted by molar-refractivity contribution is 7.89. The zero-order valence-corrected chi connectivity index (χ0v) is 14.6. The molecule has 0 N–H and O–H groups in total. The van der Waals surface area contributed by atoms with Gasteiger partial charge < -0.3 is 0 Å². The van der Waals surface area contributed by atoms with Gasteiger partial charge >= 0.3 is 0 Å². The lowest BCUT2D eigenvalue weighted by molar-refractivity contribution is 0.315. The van der Waals surface area contributed by atoms with Crippen LogP contribution in [0.4, 0.5) is 0 Å². The zero-order chi connectivity index (χ0) is 15.7. The lowest BCUT2D eigenvalue weighted by atomic mass is 10.1. The summed E-state index contributed by atoms with van der Waals surface area (Å²) >= 11 is 5.72. The maximum Gasteiger partial charge on any atom is 0.246 e. The van der Waals surface area contributed by atoms with Gasteiger partial charge in [-0.25, -0.2) is 8.42 Å². The fourth-order valence-corrected chi connectivity index (χ4v) is 4.16. The molecule has 116 valence electrons. The standard InChI is InChI=1S/C13H24ClN3O2S/c1-9(2)11(4)16(6)20(18,19)13-10(3)15-17(8-7-14)12(13)5/h9,11H,7-8H2,1-6H3. The Morgan fingerprint density at radius 3 is 2.30 bits per heavy atom. The minimum Gasteiger partial charge on any atom is -0.267 e. The van der Waals surface area contributed by atoms with Crippen molar-refractivity contribution in [2.75, 3.05) is 12.9 Å². The molecule has 0 aromatic carbocycles. The van der Waals surface area contributed by atoms with Crippen molar-refractivity contribution in [3.8, 4) is 0 Å². The molecule has 0 radical (unpaired) electrons. The first-order valence-corrected chi connectivity index (χ1v) is 8.70. The van der Waals surface area contributed by atoms with Crippen LogP contribution in [0.2, 0.25) is 0 Å². The summed E-state index contributed by atoms with van der Waals surface area (Å²) in [4.78, 5) is 0.303. The molecular formula is C13H24ClN3O2S. The maximum absolute atomic E-state index is 12.8. The molecule has 7 heteroatoms. The van der Waals surface area contributed by atoms with Crippen LogP contribution in [0.3, 0.4) is 0 Å².